The van der Waals surface area contributed by atoms with Crippen LogP contribution in [0.15, 0.2) is 47.1 Å². The summed E-state index contributed by atoms with van der Waals surface area (Å²) in [5.74, 6) is -1.63. The highest BCUT2D eigenvalue weighted by atomic mass is 16.5. The summed E-state index contributed by atoms with van der Waals surface area (Å²) < 4.78 is 14.5. The summed E-state index contributed by atoms with van der Waals surface area (Å²) in [6, 6.07) is 9.15. The maximum absolute atomic E-state index is 11.7. The van der Waals surface area contributed by atoms with Crippen molar-refractivity contribution in [1.82, 2.24) is 0 Å². The smallest absolute Gasteiger partial charge is 0.374 e. The normalized spacial score (nSPS) is 9.96. The Bertz CT molecular complexity index is 675. The fraction of sp³-hybridized carbons (Fsp3) is 0.188. The Hall–Kier alpha value is -3.09. The van der Waals surface area contributed by atoms with Crippen LogP contribution in [0.2, 0.25) is 0 Å². The van der Waals surface area contributed by atoms with Gasteiger partial charge in [-0.15, -0.1) is 0 Å². The molecule has 0 bridgehead atoms. The molecule has 0 aliphatic carbocycles. The number of anilines is 1. The molecule has 7 heteroatoms. The van der Waals surface area contributed by atoms with Gasteiger partial charge in [0, 0.05) is 5.69 Å². The quantitative estimate of drug-likeness (QED) is 0.821. The second-order valence-electron chi connectivity index (χ2n) is 4.40. The van der Waals surface area contributed by atoms with E-state index in [1.165, 1.54) is 24.5 Å². The van der Waals surface area contributed by atoms with E-state index in [2.05, 4.69) is 5.32 Å². The van der Waals surface area contributed by atoms with E-state index in [1.807, 2.05) is 0 Å². The zero-order valence-corrected chi connectivity index (χ0v) is 12.4. The molecule has 0 atom stereocenters. The van der Waals surface area contributed by atoms with Crippen LogP contribution in [0.4, 0.5) is 5.69 Å². The van der Waals surface area contributed by atoms with E-state index < -0.39 is 24.5 Å². The molecule has 0 saturated heterocycles. The van der Waals surface area contributed by atoms with E-state index in [4.69, 9.17) is 13.9 Å². The Morgan fingerprint density at radius 2 is 1.78 bits per heavy atom. The number of ether oxygens (including phenoxy) is 2. The number of amides is 1. The predicted molar refractivity (Wildman–Crippen MR) is 80.0 cm³/mol. The minimum atomic E-state index is -0.720. The van der Waals surface area contributed by atoms with Gasteiger partial charge in [-0.1, -0.05) is 0 Å². The summed E-state index contributed by atoms with van der Waals surface area (Å²) >= 11 is 0. The van der Waals surface area contributed by atoms with Crippen molar-refractivity contribution >= 4 is 23.5 Å². The number of benzene rings is 1. The number of carbonyl (C=O) groups excluding carboxylic acids is 3. The van der Waals surface area contributed by atoms with E-state index in [1.54, 1.807) is 25.1 Å². The average molecular weight is 317 g/mol. The molecule has 2 rings (SSSR count). The van der Waals surface area contributed by atoms with Gasteiger partial charge in [0.05, 0.1) is 18.4 Å². The largest absolute Gasteiger partial charge is 0.462 e. The van der Waals surface area contributed by atoms with E-state index in [0.717, 1.165) is 0 Å². The van der Waals surface area contributed by atoms with Gasteiger partial charge in [0.2, 0.25) is 5.76 Å². The van der Waals surface area contributed by atoms with Gasteiger partial charge in [0.15, 0.2) is 6.61 Å². The van der Waals surface area contributed by atoms with Gasteiger partial charge in [-0.05, 0) is 43.3 Å². The van der Waals surface area contributed by atoms with Crippen molar-refractivity contribution in [2.75, 3.05) is 18.5 Å². The third-order valence-corrected chi connectivity index (χ3v) is 2.74. The van der Waals surface area contributed by atoms with Gasteiger partial charge in [0.25, 0.3) is 5.91 Å². The second-order valence-corrected chi connectivity index (χ2v) is 4.40. The van der Waals surface area contributed by atoms with Gasteiger partial charge in [-0.2, -0.15) is 0 Å². The fourth-order valence-corrected chi connectivity index (χ4v) is 1.70. The Morgan fingerprint density at radius 1 is 1.04 bits per heavy atom. The molecule has 0 fully saturated rings. The molecule has 0 aliphatic rings. The molecule has 1 aromatic carbocycles. The van der Waals surface area contributed by atoms with Crippen molar-refractivity contribution in [2.45, 2.75) is 6.92 Å². The topological polar surface area (TPSA) is 94.8 Å². The first-order valence-corrected chi connectivity index (χ1v) is 6.88. The van der Waals surface area contributed by atoms with Crippen LogP contribution >= 0.6 is 0 Å². The van der Waals surface area contributed by atoms with E-state index in [9.17, 15) is 14.4 Å². The minimum absolute atomic E-state index is 0.0246. The number of furan rings is 1. The zero-order valence-electron chi connectivity index (χ0n) is 12.4. The van der Waals surface area contributed by atoms with Gasteiger partial charge in [-0.3, -0.25) is 4.79 Å². The van der Waals surface area contributed by atoms with Crippen molar-refractivity contribution in [3.05, 3.63) is 54.0 Å². The summed E-state index contributed by atoms with van der Waals surface area (Å²) in [6.45, 7) is 1.56. The van der Waals surface area contributed by atoms with Gasteiger partial charge in [0.1, 0.15) is 0 Å². The lowest BCUT2D eigenvalue weighted by Gasteiger charge is -2.07. The molecule has 23 heavy (non-hydrogen) atoms. The minimum Gasteiger partial charge on any atom is -0.462 e. The van der Waals surface area contributed by atoms with Crippen LogP contribution in [0.1, 0.15) is 27.8 Å². The van der Waals surface area contributed by atoms with Crippen molar-refractivity contribution in [1.29, 1.82) is 0 Å². The molecule has 1 heterocycles. The average Bonchev–Trinajstić information content (AvgIpc) is 3.08. The molecule has 0 spiro atoms. The van der Waals surface area contributed by atoms with Crippen LogP contribution < -0.4 is 5.32 Å². The number of carbonyl (C=O) groups is 3. The molecule has 0 saturated carbocycles. The second kappa shape index (κ2) is 7.79. The number of hydrogen-bond acceptors (Lipinski definition) is 6. The molecule has 1 aromatic heterocycles. The van der Waals surface area contributed by atoms with Gasteiger partial charge < -0.3 is 19.2 Å². The van der Waals surface area contributed by atoms with Crippen molar-refractivity contribution in [2.24, 2.45) is 0 Å². The zero-order chi connectivity index (χ0) is 16.7. The van der Waals surface area contributed by atoms with Crippen LogP contribution in [0.25, 0.3) is 0 Å². The van der Waals surface area contributed by atoms with Gasteiger partial charge in [-0.25, -0.2) is 9.59 Å². The molecular weight excluding hydrogens is 302 g/mol. The lowest BCUT2D eigenvalue weighted by Crippen LogP contribution is -2.20. The Balaban J connectivity index is 1.83. The molecular formula is C16H15NO6. The number of rotatable bonds is 6. The summed E-state index contributed by atoms with van der Waals surface area (Å²) in [7, 11) is 0. The monoisotopic (exact) mass is 317 g/mol. The lowest BCUT2D eigenvalue weighted by molar-refractivity contribution is -0.119. The standard InChI is InChI=1S/C16H15NO6/c1-2-21-15(19)11-5-7-12(8-6-11)17-14(18)10-23-16(20)13-4-3-9-22-13/h3-9H,2,10H2,1H3,(H,17,18). The number of nitrogens with one attached hydrogen (secondary N) is 1. The third-order valence-electron chi connectivity index (χ3n) is 2.74. The van der Waals surface area contributed by atoms with Gasteiger partial charge >= 0.3 is 11.9 Å². The van der Waals surface area contributed by atoms with Crippen LogP contribution in [-0.2, 0) is 14.3 Å². The summed E-state index contributed by atoms with van der Waals surface area (Å²) in [5.41, 5.74) is 0.853. The van der Waals surface area contributed by atoms with Crippen molar-refractivity contribution in [3.63, 3.8) is 0 Å². The first-order valence-electron chi connectivity index (χ1n) is 6.88. The maximum atomic E-state index is 11.7. The predicted octanol–water partition coefficient (Wildman–Crippen LogP) is 2.25. The summed E-state index contributed by atoms with van der Waals surface area (Å²) in [6.07, 6.45) is 1.34. The van der Waals surface area contributed by atoms with Crippen LogP contribution in [0, 0.1) is 0 Å². The molecule has 0 radical (unpaired) electrons. The van der Waals surface area contributed by atoms with Crippen LogP contribution in [0.5, 0.6) is 0 Å². The highest BCUT2D eigenvalue weighted by Gasteiger charge is 2.13. The molecule has 0 unspecified atom stereocenters. The Morgan fingerprint density at radius 3 is 2.39 bits per heavy atom. The summed E-state index contributed by atoms with van der Waals surface area (Å²) in [4.78, 5) is 34.7. The van der Waals surface area contributed by atoms with Crippen LogP contribution in [0.3, 0.4) is 0 Å². The molecule has 1 amide bonds. The first kappa shape index (κ1) is 16.3. The first-order chi connectivity index (χ1) is 11.1. The molecule has 1 N–H and O–H groups in total. The number of hydrogen-bond donors (Lipinski definition) is 1. The SMILES string of the molecule is CCOC(=O)c1ccc(NC(=O)COC(=O)c2ccco2)cc1. The molecule has 2 aromatic rings. The van der Waals surface area contributed by atoms with Crippen molar-refractivity contribution < 1.29 is 28.3 Å². The fourth-order valence-electron chi connectivity index (χ4n) is 1.70. The molecule has 120 valence electrons. The summed E-state index contributed by atoms with van der Waals surface area (Å²) in [5, 5.41) is 2.54. The highest BCUT2D eigenvalue weighted by Crippen LogP contribution is 2.11. The Kier molecular flexibility index (Phi) is 5.51. The van der Waals surface area contributed by atoms with Crippen LogP contribution in [-0.4, -0.2) is 31.1 Å². The third kappa shape index (κ3) is 4.70. The molecule has 7 nitrogen and oxygen atoms in total. The Labute approximate surface area is 132 Å². The van der Waals surface area contributed by atoms with E-state index in [-0.39, 0.29) is 5.76 Å². The lowest BCUT2D eigenvalue weighted by atomic mass is 10.2. The van der Waals surface area contributed by atoms with E-state index >= 15 is 0 Å². The van der Waals surface area contributed by atoms with E-state index in [0.29, 0.717) is 17.9 Å². The van der Waals surface area contributed by atoms with Crippen molar-refractivity contribution in [3.8, 4) is 0 Å². The number of esters is 2. The maximum Gasteiger partial charge on any atom is 0.374 e. The molecule has 0 aliphatic heterocycles. The highest BCUT2D eigenvalue weighted by molar-refractivity contribution is 5.95.